The number of benzene rings is 1. The van der Waals surface area contributed by atoms with Crippen LogP contribution >= 0.6 is 0 Å². The van der Waals surface area contributed by atoms with E-state index in [0.29, 0.717) is 23.9 Å². The number of Topliss-reactive ketones (excluding diaryl/α,β-unsaturated/α-hetero) is 1. The molecule has 1 aromatic heterocycles. The Morgan fingerprint density at radius 3 is 2.96 bits per heavy atom. The van der Waals surface area contributed by atoms with Crippen molar-refractivity contribution in [2.75, 3.05) is 20.2 Å². The van der Waals surface area contributed by atoms with E-state index in [9.17, 15) is 9.59 Å². The standard InChI is InChI=1S/C21H24N2O3/c1-3-13-8-12-9-21(20(25)26-2)18-17(14-6-4-5-7-15(14)22-18)16(24)11-23(10-12)19(13)21/h4-7,12-13,19,22H,3,8-11H2,1-2H3. The van der Waals surface area contributed by atoms with E-state index in [2.05, 4.69) is 16.8 Å². The van der Waals surface area contributed by atoms with E-state index in [1.165, 1.54) is 7.11 Å². The van der Waals surface area contributed by atoms with Crippen molar-refractivity contribution < 1.29 is 14.3 Å². The van der Waals surface area contributed by atoms with Crippen molar-refractivity contribution >= 4 is 22.7 Å². The number of rotatable bonds is 2. The minimum atomic E-state index is -0.767. The van der Waals surface area contributed by atoms with Crippen LogP contribution in [-0.4, -0.2) is 47.9 Å². The zero-order valence-corrected chi connectivity index (χ0v) is 15.2. The van der Waals surface area contributed by atoms with Gasteiger partial charge in [-0.05, 0) is 30.7 Å². The van der Waals surface area contributed by atoms with Gasteiger partial charge in [0.15, 0.2) is 5.78 Å². The van der Waals surface area contributed by atoms with Crippen molar-refractivity contribution in [1.29, 1.82) is 0 Å². The van der Waals surface area contributed by atoms with Crippen LogP contribution in [0.5, 0.6) is 0 Å². The Kier molecular flexibility index (Phi) is 3.35. The van der Waals surface area contributed by atoms with E-state index < -0.39 is 5.41 Å². The minimum absolute atomic E-state index is 0.0308. The molecule has 1 aliphatic carbocycles. The maximum Gasteiger partial charge on any atom is 0.319 e. The molecule has 3 fully saturated rings. The molecule has 5 heteroatoms. The normalized spacial score (nSPS) is 35.2. The maximum absolute atomic E-state index is 13.3. The van der Waals surface area contributed by atoms with Gasteiger partial charge >= 0.3 is 5.97 Å². The molecule has 1 N–H and O–H groups in total. The number of carbonyl (C=O) groups is 2. The smallest absolute Gasteiger partial charge is 0.319 e. The molecule has 0 spiro atoms. The maximum atomic E-state index is 13.3. The van der Waals surface area contributed by atoms with E-state index in [-0.39, 0.29) is 17.8 Å². The first-order valence-electron chi connectivity index (χ1n) is 9.57. The third-order valence-electron chi connectivity index (χ3n) is 6.94. The second-order valence-electron chi connectivity index (χ2n) is 8.16. The van der Waals surface area contributed by atoms with Gasteiger partial charge in [0.2, 0.25) is 0 Å². The number of H-pyrrole nitrogens is 1. The van der Waals surface area contributed by atoms with Crippen molar-refractivity contribution in [3.8, 4) is 0 Å². The minimum Gasteiger partial charge on any atom is -0.468 e. The van der Waals surface area contributed by atoms with Crippen LogP contribution in [0.25, 0.3) is 10.9 Å². The van der Waals surface area contributed by atoms with Crippen LogP contribution in [0.15, 0.2) is 24.3 Å². The topological polar surface area (TPSA) is 62.4 Å². The van der Waals surface area contributed by atoms with Gasteiger partial charge in [0.05, 0.1) is 13.7 Å². The first-order valence-corrected chi connectivity index (χ1v) is 9.57. The Morgan fingerprint density at radius 2 is 2.19 bits per heavy atom. The van der Waals surface area contributed by atoms with E-state index in [1.54, 1.807) is 0 Å². The lowest BCUT2D eigenvalue weighted by atomic mass is 9.56. The van der Waals surface area contributed by atoms with Crippen LogP contribution in [0.3, 0.4) is 0 Å². The molecule has 6 rings (SSSR count). The lowest BCUT2D eigenvalue weighted by molar-refractivity contribution is -0.162. The van der Waals surface area contributed by atoms with Crippen molar-refractivity contribution in [3.63, 3.8) is 0 Å². The van der Waals surface area contributed by atoms with E-state index in [1.807, 2.05) is 24.3 Å². The highest BCUT2D eigenvalue weighted by atomic mass is 16.5. The molecular formula is C21H24N2O3. The number of fused-ring (bicyclic) bond motifs is 4. The van der Waals surface area contributed by atoms with E-state index in [4.69, 9.17) is 4.74 Å². The molecule has 2 saturated heterocycles. The van der Waals surface area contributed by atoms with Gasteiger partial charge in [-0.3, -0.25) is 14.5 Å². The molecule has 0 amide bonds. The summed E-state index contributed by atoms with van der Waals surface area (Å²) in [4.78, 5) is 32.3. The van der Waals surface area contributed by atoms with Crippen molar-refractivity contribution in [2.45, 2.75) is 37.6 Å². The van der Waals surface area contributed by atoms with Crippen molar-refractivity contribution in [2.24, 2.45) is 11.8 Å². The number of aromatic nitrogens is 1. The van der Waals surface area contributed by atoms with Gasteiger partial charge in [-0.2, -0.15) is 0 Å². The Balaban J connectivity index is 1.85. The highest BCUT2D eigenvalue weighted by Crippen LogP contribution is 2.55. The number of para-hydroxylation sites is 1. The molecule has 136 valence electrons. The molecule has 2 aromatic rings. The van der Waals surface area contributed by atoms with Crippen LogP contribution in [0, 0.1) is 11.8 Å². The van der Waals surface area contributed by atoms with Gasteiger partial charge in [-0.1, -0.05) is 31.5 Å². The summed E-state index contributed by atoms with van der Waals surface area (Å²) < 4.78 is 5.36. The van der Waals surface area contributed by atoms with Crippen LogP contribution < -0.4 is 0 Å². The Hall–Kier alpha value is -2.14. The molecule has 5 nitrogen and oxygen atoms in total. The predicted molar refractivity (Wildman–Crippen MR) is 98.2 cm³/mol. The average molecular weight is 352 g/mol. The predicted octanol–water partition coefficient (Wildman–Crippen LogP) is 2.90. The summed E-state index contributed by atoms with van der Waals surface area (Å²) in [5.41, 5.74) is 1.66. The molecule has 5 unspecified atom stereocenters. The molecule has 5 atom stereocenters. The van der Waals surface area contributed by atoms with Gasteiger partial charge in [0.25, 0.3) is 0 Å². The monoisotopic (exact) mass is 352 g/mol. The first kappa shape index (κ1) is 16.1. The number of hydrogen-bond acceptors (Lipinski definition) is 4. The van der Waals surface area contributed by atoms with Gasteiger partial charge in [-0.25, -0.2) is 0 Å². The van der Waals surface area contributed by atoms with E-state index in [0.717, 1.165) is 42.4 Å². The zero-order chi connectivity index (χ0) is 18.1. The number of methoxy groups -OCH3 is 1. The molecule has 1 saturated carbocycles. The summed E-state index contributed by atoms with van der Waals surface area (Å²) >= 11 is 0. The number of esters is 1. The summed E-state index contributed by atoms with van der Waals surface area (Å²) in [5, 5.41) is 0.924. The largest absolute Gasteiger partial charge is 0.468 e. The van der Waals surface area contributed by atoms with Crippen LogP contribution in [0.2, 0.25) is 0 Å². The van der Waals surface area contributed by atoms with Gasteiger partial charge in [0.1, 0.15) is 5.41 Å². The third kappa shape index (κ3) is 1.84. The molecule has 4 heterocycles. The molecule has 4 aliphatic rings. The third-order valence-corrected chi connectivity index (χ3v) is 6.94. The highest BCUT2D eigenvalue weighted by Gasteiger charge is 2.63. The summed E-state index contributed by atoms with van der Waals surface area (Å²) in [7, 11) is 1.47. The molecule has 4 bridgehead atoms. The summed E-state index contributed by atoms with van der Waals surface area (Å²) in [6.45, 7) is 3.50. The molecule has 3 aliphatic heterocycles. The van der Waals surface area contributed by atoms with Crippen molar-refractivity contribution in [3.05, 3.63) is 35.5 Å². The van der Waals surface area contributed by atoms with Gasteiger partial charge in [-0.15, -0.1) is 0 Å². The lowest BCUT2D eigenvalue weighted by Crippen LogP contribution is -2.67. The van der Waals surface area contributed by atoms with Crippen molar-refractivity contribution in [1.82, 2.24) is 9.88 Å². The van der Waals surface area contributed by atoms with Gasteiger partial charge in [0, 0.05) is 34.7 Å². The van der Waals surface area contributed by atoms with Crippen LogP contribution in [0.4, 0.5) is 0 Å². The molecule has 1 aromatic carbocycles. The first-order chi connectivity index (χ1) is 12.6. The lowest BCUT2D eigenvalue weighted by Gasteiger charge is -2.57. The Labute approximate surface area is 152 Å². The molecule has 26 heavy (non-hydrogen) atoms. The average Bonchev–Trinajstić information content (AvgIpc) is 3.03. The highest BCUT2D eigenvalue weighted by molar-refractivity contribution is 6.12. The number of carbonyl (C=O) groups excluding carboxylic acids is 2. The molecular weight excluding hydrogens is 328 g/mol. The summed E-state index contributed by atoms with van der Waals surface area (Å²) in [5.74, 6) is 0.754. The van der Waals surface area contributed by atoms with E-state index >= 15 is 0 Å². The fourth-order valence-electron chi connectivity index (χ4n) is 6.13. The van der Waals surface area contributed by atoms with Crippen LogP contribution in [-0.2, 0) is 14.9 Å². The number of nitrogens with one attached hydrogen (secondary N) is 1. The van der Waals surface area contributed by atoms with Crippen LogP contribution in [0.1, 0.15) is 42.2 Å². The number of nitrogens with zero attached hydrogens (tertiary/aromatic N) is 1. The van der Waals surface area contributed by atoms with Gasteiger partial charge < -0.3 is 9.72 Å². The number of hydrogen-bond donors (Lipinski definition) is 1. The summed E-state index contributed by atoms with van der Waals surface area (Å²) in [6.07, 6.45) is 2.92. The molecule has 0 radical (unpaired) electrons. The SMILES string of the molecule is CCC1CC2CN3CC(=O)c4c([nH]c5ccccc45)C(C(=O)OC)(C2)C13. The number of ketones is 1. The number of aromatic amines is 1. The second kappa shape index (κ2) is 5.43. The Morgan fingerprint density at radius 1 is 1.38 bits per heavy atom. The summed E-state index contributed by atoms with van der Waals surface area (Å²) in [6, 6.07) is 7.91. The zero-order valence-electron chi connectivity index (χ0n) is 15.2. The quantitative estimate of drug-likeness (QED) is 0.844. The fraction of sp³-hybridized carbons (Fsp3) is 0.524. The fourth-order valence-corrected chi connectivity index (χ4v) is 6.13. The second-order valence-corrected chi connectivity index (χ2v) is 8.16. The number of ether oxygens (including phenoxy) is 1. The number of piperidine rings is 2. The Bertz CT molecular complexity index is 917.